The van der Waals surface area contributed by atoms with Gasteiger partial charge in [0.1, 0.15) is 12.4 Å². The van der Waals surface area contributed by atoms with Gasteiger partial charge in [0.25, 0.3) is 0 Å². The Kier molecular flexibility index (Phi) is 9.61. The van der Waals surface area contributed by atoms with Crippen molar-refractivity contribution >= 4 is 35.8 Å². The molecule has 0 bridgehead atoms. The van der Waals surface area contributed by atoms with Gasteiger partial charge in [-0.25, -0.2) is 4.99 Å². The number of aromatic nitrogens is 3. The lowest BCUT2D eigenvalue weighted by molar-refractivity contribution is -0.135. The molecule has 1 atom stereocenters. The average molecular weight is 558 g/mol. The van der Waals surface area contributed by atoms with E-state index in [1.165, 1.54) is 51.4 Å². The van der Waals surface area contributed by atoms with Crippen molar-refractivity contribution in [1.82, 2.24) is 30.3 Å². The summed E-state index contributed by atoms with van der Waals surface area (Å²) in [7, 11) is 1.98. The highest BCUT2D eigenvalue weighted by Crippen LogP contribution is 2.27. The van der Waals surface area contributed by atoms with Gasteiger partial charge in [-0.1, -0.05) is 38.5 Å². The van der Waals surface area contributed by atoms with Gasteiger partial charge < -0.3 is 20.1 Å². The molecule has 1 aliphatic heterocycles. The molecule has 3 fully saturated rings. The van der Waals surface area contributed by atoms with Gasteiger partial charge in [0.15, 0.2) is 11.8 Å². The van der Waals surface area contributed by atoms with Gasteiger partial charge in [-0.3, -0.25) is 4.79 Å². The number of nitrogens with one attached hydrogen (secondary N) is 2. The third-order valence-corrected chi connectivity index (χ3v) is 7.30. The summed E-state index contributed by atoms with van der Waals surface area (Å²) in [6.45, 7) is 4.09. The number of carbonyl (C=O) groups is 1. The van der Waals surface area contributed by atoms with Crippen molar-refractivity contribution in [3.63, 3.8) is 0 Å². The molecule has 1 saturated heterocycles. The fourth-order valence-corrected chi connectivity index (χ4v) is 5.19. The minimum Gasteiger partial charge on any atom is -0.354 e. The molecule has 0 aromatic carbocycles. The van der Waals surface area contributed by atoms with Crippen LogP contribution in [0.15, 0.2) is 4.99 Å². The standard InChI is InChI=1S/C23H39N7O.HI/c1-17-27-28-21(29(17)2)15-24-23(25-19-11-7-4-8-12-19)26-20-13-14-30(16-20)22(31)18-9-5-3-6-10-18;/h18-20H,3-16H2,1-2H3,(H2,24,25,26);1H. The van der Waals surface area contributed by atoms with E-state index < -0.39 is 0 Å². The summed E-state index contributed by atoms with van der Waals surface area (Å²) in [5.74, 6) is 3.23. The van der Waals surface area contributed by atoms with E-state index in [4.69, 9.17) is 4.99 Å². The van der Waals surface area contributed by atoms with Crippen LogP contribution in [0, 0.1) is 12.8 Å². The Morgan fingerprint density at radius 2 is 1.62 bits per heavy atom. The second-order valence-electron chi connectivity index (χ2n) is 9.62. The summed E-state index contributed by atoms with van der Waals surface area (Å²) in [5.41, 5.74) is 0. The highest BCUT2D eigenvalue weighted by molar-refractivity contribution is 14.0. The molecular weight excluding hydrogens is 517 g/mol. The number of rotatable bonds is 5. The van der Waals surface area contributed by atoms with Gasteiger partial charge in [-0.2, -0.15) is 0 Å². The average Bonchev–Trinajstić information content (AvgIpc) is 3.40. The van der Waals surface area contributed by atoms with Crippen LogP contribution in [0.2, 0.25) is 0 Å². The van der Waals surface area contributed by atoms with Crippen LogP contribution in [-0.2, 0) is 18.4 Å². The number of carbonyl (C=O) groups excluding carboxylic acids is 1. The van der Waals surface area contributed by atoms with Gasteiger partial charge >= 0.3 is 0 Å². The number of likely N-dealkylation sites (tertiary alicyclic amines) is 1. The first-order valence-electron chi connectivity index (χ1n) is 12.3. The first kappa shape index (κ1) is 25.2. The fourth-order valence-electron chi connectivity index (χ4n) is 5.19. The van der Waals surface area contributed by atoms with Crippen molar-refractivity contribution in [2.75, 3.05) is 13.1 Å². The van der Waals surface area contributed by atoms with E-state index in [2.05, 4.69) is 25.7 Å². The van der Waals surface area contributed by atoms with E-state index in [0.29, 0.717) is 18.5 Å². The first-order chi connectivity index (χ1) is 15.1. The molecule has 32 heavy (non-hydrogen) atoms. The molecule has 2 aliphatic carbocycles. The van der Waals surface area contributed by atoms with E-state index in [0.717, 1.165) is 50.0 Å². The highest BCUT2D eigenvalue weighted by atomic mass is 127. The maximum absolute atomic E-state index is 12.9. The quantitative estimate of drug-likeness (QED) is 0.330. The van der Waals surface area contributed by atoms with E-state index in [-0.39, 0.29) is 35.9 Å². The van der Waals surface area contributed by atoms with Crippen LogP contribution in [0.3, 0.4) is 0 Å². The zero-order valence-corrected chi connectivity index (χ0v) is 22.0. The Bertz CT molecular complexity index is 768. The summed E-state index contributed by atoms with van der Waals surface area (Å²) in [6.07, 6.45) is 13.1. The number of guanidine groups is 1. The molecule has 9 heteroatoms. The number of hydrogen-bond acceptors (Lipinski definition) is 4. The predicted molar refractivity (Wildman–Crippen MR) is 137 cm³/mol. The maximum Gasteiger partial charge on any atom is 0.225 e. The van der Waals surface area contributed by atoms with Gasteiger partial charge in [-0.15, -0.1) is 34.2 Å². The van der Waals surface area contributed by atoms with Gasteiger partial charge in [0.2, 0.25) is 5.91 Å². The Morgan fingerprint density at radius 3 is 2.28 bits per heavy atom. The molecule has 2 heterocycles. The SMILES string of the molecule is Cc1nnc(CN=C(NC2CCCCC2)NC2CCN(C(=O)C3CCCCC3)C2)n1C.I. The second-order valence-corrected chi connectivity index (χ2v) is 9.62. The van der Waals surface area contributed by atoms with Crippen molar-refractivity contribution < 1.29 is 4.79 Å². The molecule has 180 valence electrons. The van der Waals surface area contributed by atoms with Crippen LogP contribution in [0.5, 0.6) is 0 Å². The smallest absolute Gasteiger partial charge is 0.225 e. The van der Waals surface area contributed by atoms with Crippen LogP contribution in [0.4, 0.5) is 0 Å². The molecule has 3 aliphatic rings. The van der Waals surface area contributed by atoms with E-state index >= 15 is 0 Å². The summed E-state index contributed by atoms with van der Waals surface area (Å²) in [5, 5.41) is 15.7. The molecule has 2 N–H and O–H groups in total. The second kappa shape index (κ2) is 12.2. The molecule has 0 spiro atoms. The minimum atomic E-state index is 0. The molecule has 1 unspecified atom stereocenters. The number of hydrogen-bond donors (Lipinski definition) is 2. The van der Waals surface area contributed by atoms with Crippen LogP contribution >= 0.6 is 24.0 Å². The summed E-state index contributed by atoms with van der Waals surface area (Å²) in [4.78, 5) is 19.9. The largest absolute Gasteiger partial charge is 0.354 e. The molecule has 4 rings (SSSR count). The minimum absolute atomic E-state index is 0. The van der Waals surface area contributed by atoms with Crippen molar-refractivity contribution in [1.29, 1.82) is 0 Å². The highest BCUT2D eigenvalue weighted by Gasteiger charge is 2.32. The Labute approximate surface area is 209 Å². The Morgan fingerprint density at radius 1 is 0.969 bits per heavy atom. The first-order valence-corrected chi connectivity index (χ1v) is 12.3. The zero-order valence-electron chi connectivity index (χ0n) is 19.7. The van der Waals surface area contributed by atoms with Crippen LogP contribution in [0.1, 0.15) is 82.3 Å². The summed E-state index contributed by atoms with van der Waals surface area (Å²) in [6, 6.07) is 0.728. The molecule has 8 nitrogen and oxygen atoms in total. The van der Waals surface area contributed by atoms with Gasteiger partial charge in [0.05, 0.1) is 0 Å². The summed E-state index contributed by atoms with van der Waals surface area (Å²) >= 11 is 0. The van der Waals surface area contributed by atoms with Gasteiger partial charge in [0, 0.05) is 38.1 Å². The number of amides is 1. The van der Waals surface area contributed by atoms with Crippen LogP contribution in [-0.4, -0.2) is 56.7 Å². The van der Waals surface area contributed by atoms with E-state index in [9.17, 15) is 4.79 Å². The molecular formula is C23H40IN7O. The number of nitrogens with zero attached hydrogens (tertiary/aromatic N) is 5. The van der Waals surface area contributed by atoms with E-state index in [1.54, 1.807) is 0 Å². The van der Waals surface area contributed by atoms with Crippen LogP contribution in [0.25, 0.3) is 0 Å². The topological polar surface area (TPSA) is 87.4 Å². The van der Waals surface area contributed by atoms with Crippen molar-refractivity contribution in [2.45, 2.75) is 96.2 Å². The molecule has 1 aromatic rings. The fraction of sp³-hybridized carbons (Fsp3) is 0.826. The van der Waals surface area contributed by atoms with Crippen LogP contribution < -0.4 is 10.6 Å². The van der Waals surface area contributed by atoms with Gasteiger partial charge in [-0.05, 0) is 39.0 Å². The lowest BCUT2D eigenvalue weighted by atomic mass is 9.88. The number of halogens is 1. The molecule has 2 saturated carbocycles. The maximum atomic E-state index is 12.9. The third-order valence-electron chi connectivity index (χ3n) is 7.30. The van der Waals surface area contributed by atoms with Crippen molar-refractivity contribution in [3.05, 3.63) is 11.6 Å². The Hall–Kier alpha value is -1.39. The molecule has 1 aromatic heterocycles. The van der Waals surface area contributed by atoms with E-state index in [1.807, 2.05) is 18.5 Å². The third kappa shape index (κ3) is 6.57. The predicted octanol–water partition coefficient (Wildman–Crippen LogP) is 3.29. The summed E-state index contributed by atoms with van der Waals surface area (Å²) < 4.78 is 1.99. The number of aliphatic imine (C=N–C) groups is 1. The lowest BCUT2D eigenvalue weighted by Gasteiger charge is -2.28. The Balaban J connectivity index is 0.00000289. The molecule has 1 amide bonds. The normalized spacial score (nSPS) is 23.1. The number of aryl methyl sites for hydroxylation is 1. The van der Waals surface area contributed by atoms with Crippen molar-refractivity contribution in [3.8, 4) is 0 Å². The monoisotopic (exact) mass is 557 g/mol. The lowest BCUT2D eigenvalue weighted by Crippen LogP contribution is -2.49. The van der Waals surface area contributed by atoms with Crippen molar-refractivity contribution in [2.24, 2.45) is 18.0 Å². The zero-order chi connectivity index (χ0) is 21.6. The molecule has 0 radical (unpaired) electrons.